The summed E-state index contributed by atoms with van der Waals surface area (Å²) >= 11 is 1.59. The Morgan fingerprint density at radius 3 is 2.21 bits per heavy atom. The number of carbonyl (C=O) groups excluding carboxylic acids is 3. The second kappa shape index (κ2) is 21.3. The van der Waals surface area contributed by atoms with Crippen LogP contribution in [0.2, 0.25) is 0 Å². The van der Waals surface area contributed by atoms with Crippen molar-refractivity contribution in [1.82, 2.24) is 50.5 Å². The number of aliphatic hydroxyl groups excluding tert-OH is 1. The van der Waals surface area contributed by atoms with Crippen LogP contribution in [0.5, 0.6) is 5.75 Å². The molecule has 4 saturated heterocycles. The lowest BCUT2D eigenvalue weighted by molar-refractivity contribution is -0.142. The Balaban J connectivity index is 0.736. The maximum absolute atomic E-state index is 14.3. The van der Waals surface area contributed by atoms with Gasteiger partial charge in [-0.15, -0.1) is 21.5 Å². The molecule has 4 aliphatic rings. The number of carbonyl (C=O) groups is 3. The minimum atomic E-state index is -0.901. The van der Waals surface area contributed by atoms with Crippen molar-refractivity contribution in [2.75, 3.05) is 61.3 Å². The maximum Gasteiger partial charge on any atom is 0.318 e. The van der Waals surface area contributed by atoms with E-state index < -0.39 is 23.6 Å². The normalized spacial score (nSPS) is 22.0. The second-order valence-corrected chi connectivity index (χ2v) is 22.1. The lowest BCUT2D eigenvalue weighted by Gasteiger charge is -2.45. The van der Waals surface area contributed by atoms with Crippen LogP contribution in [0, 0.1) is 12.3 Å². The smallest absolute Gasteiger partial charge is 0.318 e. The summed E-state index contributed by atoms with van der Waals surface area (Å²) in [5.74, 6) is 0.848. The van der Waals surface area contributed by atoms with Crippen LogP contribution in [0.25, 0.3) is 21.7 Å². The molecule has 9 rings (SSSR count). The lowest BCUT2D eigenvalue weighted by atomic mass is 9.85. The third-order valence-electron chi connectivity index (χ3n) is 15.1. The molecule has 0 saturated carbocycles. The van der Waals surface area contributed by atoms with E-state index in [1.54, 1.807) is 28.4 Å². The molecule has 4 aliphatic heterocycles. The summed E-state index contributed by atoms with van der Waals surface area (Å²) in [7, 11) is 0. The number of nitrogens with one attached hydrogen (secondary N) is 2. The molecule has 0 spiro atoms. The Morgan fingerprint density at radius 2 is 1.57 bits per heavy atom. The van der Waals surface area contributed by atoms with Gasteiger partial charge in [-0.2, -0.15) is 0 Å². The number of anilines is 3. The first-order valence-corrected chi connectivity index (χ1v) is 26.2. The minimum Gasteiger partial charge on any atom is -0.507 e. The number of thiazole rings is 1. The number of likely N-dealkylation sites (tertiary alicyclic amines) is 3. The molecule has 2 unspecified atom stereocenters. The van der Waals surface area contributed by atoms with Gasteiger partial charge >= 0.3 is 6.03 Å². The van der Waals surface area contributed by atoms with Crippen molar-refractivity contribution in [3.63, 3.8) is 0 Å². The van der Waals surface area contributed by atoms with E-state index in [2.05, 4.69) is 54.4 Å². The standard InChI is InChI=1S/C53H69N13O5S/c1-32-28-64(43-24-42(60-61-48(43)54)41-9-7-8-10-45(41)68)29-33(2)66(32)51-56-26-38(27-57-51)36-15-19-62(20-16-36)39-17-21-63(22-18-39)52(71)59-47(53(4,5)6)50(70)65-30-40(67)23-44(65)49(69)55-25-35-11-13-37(14-12-35)46-34(3)58-31-72-46/h7-14,24,26-27,31-33,36,39-40,44,47,67-68H,15-23,25,28-30H2,1-6H3,(H2,54,61)(H,55,69)(H,59,71)/t32?,33?,40-,44+,47-/m1/s1. The highest BCUT2D eigenvalue weighted by Gasteiger charge is 2.45. The molecule has 3 aromatic heterocycles. The summed E-state index contributed by atoms with van der Waals surface area (Å²) in [5, 5.41) is 35.7. The zero-order valence-electron chi connectivity index (χ0n) is 42.2. The van der Waals surface area contributed by atoms with Crippen molar-refractivity contribution in [3.05, 3.63) is 89.3 Å². The van der Waals surface area contributed by atoms with E-state index in [0.717, 1.165) is 71.7 Å². The number of phenols is 1. The molecule has 0 aliphatic carbocycles. The fraction of sp³-hybridized carbons (Fsp3) is 0.509. The van der Waals surface area contributed by atoms with Gasteiger partial charge in [0, 0.05) is 81.8 Å². The summed E-state index contributed by atoms with van der Waals surface area (Å²) in [5.41, 5.74) is 13.6. The van der Waals surface area contributed by atoms with Crippen molar-refractivity contribution in [2.45, 2.75) is 122 Å². The monoisotopic (exact) mass is 1000 g/mol. The third kappa shape index (κ3) is 11.0. The van der Waals surface area contributed by atoms with Crippen LogP contribution < -0.4 is 26.2 Å². The second-order valence-electron chi connectivity index (χ2n) is 21.2. The number of hydrogen-bond acceptors (Lipinski definition) is 15. The number of nitrogen functional groups attached to an aromatic ring is 1. The highest BCUT2D eigenvalue weighted by atomic mass is 32.1. The molecule has 72 heavy (non-hydrogen) atoms. The third-order valence-corrected chi connectivity index (χ3v) is 16.1. The maximum atomic E-state index is 14.3. The van der Waals surface area contributed by atoms with Crippen molar-refractivity contribution in [1.29, 1.82) is 0 Å². The molecular formula is C53H69N13O5S. The number of nitrogens with zero attached hydrogens (tertiary/aromatic N) is 10. The Morgan fingerprint density at radius 1 is 0.889 bits per heavy atom. The number of rotatable bonds is 11. The predicted molar refractivity (Wildman–Crippen MR) is 279 cm³/mol. The summed E-state index contributed by atoms with van der Waals surface area (Å²) < 4.78 is 0. The lowest BCUT2D eigenvalue weighted by Crippen LogP contribution is -2.60. The van der Waals surface area contributed by atoms with E-state index >= 15 is 0 Å². The van der Waals surface area contributed by atoms with E-state index in [1.165, 1.54) is 4.90 Å². The van der Waals surface area contributed by atoms with Gasteiger partial charge in [0.1, 0.15) is 17.8 Å². The van der Waals surface area contributed by atoms with Crippen molar-refractivity contribution in [3.8, 4) is 27.4 Å². The molecule has 2 aromatic carbocycles. The fourth-order valence-corrected chi connectivity index (χ4v) is 11.9. The van der Waals surface area contributed by atoms with E-state index in [9.17, 15) is 24.6 Å². The van der Waals surface area contributed by atoms with E-state index in [1.807, 2.05) is 88.1 Å². The fourth-order valence-electron chi connectivity index (χ4n) is 11.1. The number of piperidine rings is 2. The average Bonchev–Trinajstić information content (AvgIpc) is 4.00. The number of hydrogen-bond donors (Lipinski definition) is 5. The number of aromatic nitrogens is 5. The number of aryl methyl sites for hydroxylation is 1. The molecule has 18 nitrogen and oxygen atoms in total. The summed E-state index contributed by atoms with van der Waals surface area (Å²) in [6, 6.07) is 15.4. The van der Waals surface area contributed by atoms with Gasteiger partial charge < -0.3 is 51.1 Å². The largest absolute Gasteiger partial charge is 0.507 e. The number of β-amino-alcohol motifs (C(OH)–C–C–N with tert-alkyl or cyclic N) is 1. The van der Waals surface area contributed by atoms with Crippen LogP contribution in [0.1, 0.15) is 89.5 Å². The molecule has 0 bridgehead atoms. The van der Waals surface area contributed by atoms with E-state index in [4.69, 9.17) is 15.7 Å². The van der Waals surface area contributed by atoms with Crippen molar-refractivity contribution >= 4 is 46.6 Å². The molecule has 0 radical (unpaired) electrons. The van der Waals surface area contributed by atoms with Crippen LogP contribution in [-0.4, -0.2) is 150 Å². The minimum absolute atomic E-state index is 0.0214. The molecule has 5 atom stereocenters. The van der Waals surface area contributed by atoms with Gasteiger partial charge in [0.15, 0.2) is 5.82 Å². The van der Waals surface area contributed by atoms with Gasteiger partial charge in [0.05, 0.1) is 33.6 Å². The first-order chi connectivity index (χ1) is 34.5. The molecule has 19 heteroatoms. The van der Waals surface area contributed by atoms with E-state index in [0.29, 0.717) is 61.2 Å². The summed E-state index contributed by atoms with van der Waals surface area (Å²) in [6.45, 7) is 16.8. The number of para-hydroxylation sites is 1. The number of nitrogens with two attached hydrogens (primary N) is 1. The Kier molecular flexibility index (Phi) is 15.0. The van der Waals surface area contributed by atoms with Crippen molar-refractivity contribution in [2.24, 2.45) is 5.41 Å². The highest BCUT2D eigenvalue weighted by molar-refractivity contribution is 7.13. The molecule has 5 aromatic rings. The number of aliphatic hydroxyl groups is 1. The van der Waals surface area contributed by atoms with Gasteiger partial charge in [-0.3, -0.25) is 9.59 Å². The Hall–Kier alpha value is -6.44. The quantitative estimate of drug-likeness (QED) is 0.106. The zero-order valence-corrected chi connectivity index (χ0v) is 43.1. The molecule has 4 amide bonds. The molecular weight excluding hydrogens is 931 g/mol. The molecule has 7 heterocycles. The number of urea groups is 1. The molecule has 382 valence electrons. The number of benzene rings is 2. The van der Waals surface area contributed by atoms with Crippen LogP contribution in [0.3, 0.4) is 0 Å². The van der Waals surface area contributed by atoms with Gasteiger partial charge in [-0.1, -0.05) is 57.2 Å². The van der Waals surface area contributed by atoms with Gasteiger partial charge in [-0.05, 0) is 106 Å². The zero-order chi connectivity index (χ0) is 50.8. The number of aromatic hydroxyl groups is 1. The highest BCUT2D eigenvalue weighted by Crippen LogP contribution is 2.36. The van der Waals surface area contributed by atoms with Gasteiger partial charge in [-0.25, -0.2) is 19.7 Å². The van der Waals surface area contributed by atoms with Crippen LogP contribution in [0.15, 0.2) is 72.5 Å². The SMILES string of the molecule is Cc1ncsc1-c1ccc(CNC(=O)[C@@H]2C[C@@H](O)CN2C(=O)[C@@H](NC(=O)N2CCC(N3CCC(c4cnc(N5C(C)CN(c6cc(-c7ccccc7O)nnc6N)CC5C)nc4)CC3)CC2)C(C)(C)C)cc1. The topological polar surface area (TPSA) is 222 Å². The first kappa shape index (κ1) is 50.5. The average molecular weight is 1000 g/mol. The van der Waals surface area contributed by atoms with Crippen molar-refractivity contribution < 1.29 is 24.6 Å². The number of phenolic OH excluding ortho intramolecular Hbond substituents is 1. The van der Waals surface area contributed by atoms with Gasteiger partial charge in [0.2, 0.25) is 17.8 Å². The van der Waals surface area contributed by atoms with Crippen LogP contribution in [-0.2, 0) is 16.1 Å². The Bertz CT molecular complexity index is 2690. The van der Waals surface area contributed by atoms with Crippen LogP contribution >= 0.6 is 11.3 Å². The van der Waals surface area contributed by atoms with E-state index in [-0.39, 0.29) is 55.2 Å². The molecule has 4 fully saturated rings. The predicted octanol–water partition coefficient (Wildman–Crippen LogP) is 5.80. The first-order valence-electron chi connectivity index (χ1n) is 25.3. The number of amides is 4. The molecule has 6 N–H and O–H groups in total. The number of piperazine rings is 1. The van der Waals surface area contributed by atoms with Crippen LogP contribution in [0.4, 0.5) is 22.2 Å². The Labute approximate surface area is 426 Å². The summed E-state index contributed by atoms with van der Waals surface area (Å²) in [4.78, 5) is 67.4. The van der Waals surface area contributed by atoms with Gasteiger partial charge in [0.25, 0.3) is 0 Å². The summed E-state index contributed by atoms with van der Waals surface area (Å²) in [6.07, 6.45) is 6.95.